The third kappa shape index (κ3) is 8.63. The fourth-order valence-corrected chi connectivity index (χ4v) is 6.97. The summed E-state index contributed by atoms with van der Waals surface area (Å²) >= 11 is 0. The number of rotatable bonds is 6. The number of nitrogens with zero attached hydrogens (tertiary/aromatic N) is 4. The first kappa shape index (κ1) is 36.6. The molecule has 3 aromatic rings. The lowest BCUT2D eigenvalue weighted by Gasteiger charge is -2.35. The molecule has 0 spiro atoms. The molecule has 1 N–H and O–H groups in total. The molecule has 3 aliphatic heterocycles. The SMILES string of the molecule is CC(C)(C)OC(=O)N1CCC(Oc2ccc(C(=O)N3CCN(C(=O)c4cc(F)cc(C5CCN(C(=O)O)CC5)c4)CC3)cc2-c2ccc(F)cc2)C1. The van der Waals surface area contributed by atoms with Gasteiger partial charge in [-0.15, -0.1) is 0 Å². The highest BCUT2D eigenvalue weighted by atomic mass is 19.1. The van der Waals surface area contributed by atoms with E-state index >= 15 is 0 Å². The summed E-state index contributed by atoms with van der Waals surface area (Å²) in [5, 5.41) is 9.25. The highest BCUT2D eigenvalue weighted by molar-refractivity contribution is 5.97. The van der Waals surface area contributed by atoms with Gasteiger partial charge in [-0.05, 0) is 99.2 Å². The molecule has 0 saturated carbocycles. The molecule has 6 rings (SSSR count). The summed E-state index contributed by atoms with van der Waals surface area (Å²) in [7, 11) is 0. The smallest absolute Gasteiger partial charge is 0.410 e. The average molecular weight is 719 g/mol. The summed E-state index contributed by atoms with van der Waals surface area (Å²) in [4.78, 5) is 57.4. The minimum atomic E-state index is -0.973. The number of halogens is 2. The Bertz CT molecular complexity index is 1810. The normalized spacial score (nSPS) is 18.4. The molecule has 3 saturated heterocycles. The molecule has 0 aromatic heterocycles. The standard InChI is InChI=1S/C39H44F2N4O7/c1-39(2,3)52-38(50)45-15-12-32(24-45)51-34-9-6-27(23-33(34)26-4-7-30(40)8-5-26)35(46)42-16-18-43(19-17-42)36(47)29-20-28(21-31(41)22-29)25-10-13-44(14-11-25)37(48)49/h4-9,20-23,25,32H,10-19,24H2,1-3H3,(H,48,49). The highest BCUT2D eigenvalue weighted by Gasteiger charge is 2.32. The van der Waals surface area contributed by atoms with Crippen LogP contribution in [0, 0.1) is 11.6 Å². The lowest BCUT2D eigenvalue weighted by Crippen LogP contribution is -2.50. The zero-order valence-electron chi connectivity index (χ0n) is 29.6. The van der Waals surface area contributed by atoms with E-state index in [9.17, 15) is 33.1 Å². The van der Waals surface area contributed by atoms with Crippen molar-refractivity contribution in [3.05, 3.63) is 89.0 Å². The number of benzene rings is 3. The second kappa shape index (κ2) is 15.2. The molecule has 3 aliphatic rings. The molecule has 0 bridgehead atoms. The first-order chi connectivity index (χ1) is 24.7. The lowest BCUT2D eigenvalue weighted by molar-refractivity contribution is 0.0275. The Morgan fingerprint density at radius 2 is 1.31 bits per heavy atom. The van der Waals surface area contributed by atoms with Crippen LogP contribution in [0.2, 0.25) is 0 Å². The van der Waals surface area contributed by atoms with Crippen LogP contribution in [0.1, 0.15) is 72.2 Å². The van der Waals surface area contributed by atoms with Crippen LogP contribution in [0.5, 0.6) is 5.75 Å². The average Bonchev–Trinajstić information content (AvgIpc) is 3.59. The van der Waals surface area contributed by atoms with Gasteiger partial charge in [0.1, 0.15) is 29.1 Å². The van der Waals surface area contributed by atoms with E-state index in [-0.39, 0.29) is 55.6 Å². The van der Waals surface area contributed by atoms with Gasteiger partial charge >= 0.3 is 12.2 Å². The summed E-state index contributed by atoms with van der Waals surface area (Å²) in [6, 6.07) is 15.4. The molecule has 13 heteroatoms. The molecular formula is C39H44F2N4O7. The third-order valence-corrected chi connectivity index (χ3v) is 9.73. The number of piperazine rings is 1. The molecule has 1 unspecified atom stereocenters. The van der Waals surface area contributed by atoms with Crippen LogP contribution in [0.25, 0.3) is 11.1 Å². The van der Waals surface area contributed by atoms with Crippen molar-refractivity contribution in [1.29, 1.82) is 0 Å². The Morgan fingerprint density at radius 1 is 0.692 bits per heavy atom. The van der Waals surface area contributed by atoms with Gasteiger partial charge in [0.2, 0.25) is 0 Å². The quantitative estimate of drug-likeness (QED) is 0.310. The second-order valence-corrected chi connectivity index (χ2v) is 14.6. The van der Waals surface area contributed by atoms with Crippen molar-refractivity contribution in [2.45, 2.75) is 57.7 Å². The van der Waals surface area contributed by atoms with Gasteiger partial charge < -0.3 is 34.2 Å². The number of hydrogen-bond donors (Lipinski definition) is 1. The van der Waals surface area contributed by atoms with E-state index in [1.54, 1.807) is 51.1 Å². The van der Waals surface area contributed by atoms with Crippen LogP contribution < -0.4 is 4.74 Å². The zero-order valence-corrected chi connectivity index (χ0v) is 29.6. The maximum Gasteiger partial charge on any atom is 0.410 e. The van der Waals surface area contributed by atoms with Crippen LogP contribution in [0.4, 0.5) is 18.4 Å². The number of piperidine rings is 1. The van der Waals surface area contributed by atoms with Gasteiger partial charge in [-0.1, -0.05) is 12.1 Å². The van der Waals surface area contributed by atoms with Gasteiger partial charge in [-0.2, -0.15) is 0 Å². The Labute approximate surface area is 301 Å². The predicted molar refractivity (Wildman–Crippen MR) is 188 cm³/mol. The van der Waals surface area contributed by atoms with E-state index in [2.05, 4.69) is 0 Å². The van der Waals surface area contributed by atoms with E-state index in [1.807, 2.05) is 20.8 Å². The number of amides is 4. The molecule has 11 nitrogen and oxygen atoms in total. The van der Waals surface area contributed by atoms with E-state index in [1.165, 1.54) is 29.2 Å². The summed E-state index contributed by atoms with van der Waals surface area (Å²) in [5.41, 5.74) is 1.95. The Hall–Kier alpha value is -5.20. The van der Waals surface area contributed by atoms with Gasteiger partial charge in [0.05, 0.1) is 6.54 Å². The molecule has 0 aliphatic carbocycles. The van der Waals surface area contributed by atoms with Gasteiger partial charge in [0.15, 0.2) is 0 Å². The van der Waals surface area contributed by atoms with Crippen molar-refractivity contribution < 1.29 is 42.5 Å². The van der Waals surface area contributed by atoms with Crippen LogP contribution >= 0.6 is 0 Å². The topological polar surface area (TPSA) is 120 Å². The van der Waals surface area contributed by atoms with Crippen molar-refractivity contribution in [2.75, 3.05) is 52.4 Å². The highest BCUT2D eigenvalue weighted by Crippen LogP contribution is 2.34. The number of ether oxygens (including phenoxy) is 2. The van der Waals surface area contributed by atoms with E-state index < -0.39 is 29.4 Å². The molecule has 1 atom stereocenters. The second-order valence-electron chi connectivity index (χ2n) is 14.6. The van der Waals surface area contributed by atoms with E-state index in [0.29, 0.717) is 73.4 Å². The van der Waals surface area contributed by atoms with E-state index in [4.69, 9.17) is 9.47 Å². The first-order valence-electron chi connectivity index (χ1n) is 17.7. The number of carbonyl (C=O) groups is 4. The zero-order chi connectivity index (χ0) is 37.2. The van der Waals surface area contributed by atoms with Gasteiger partial charge in [-0.25, -0.2) is 18.4 Å². The van der Waals surface area contributed by atoms with Crippen LogP contribution in [-0.2, 0) is 4.74 Å². The molecule has 3 fully saturated rings. The van der Waals surface area contributed by atoms with Crippen molar-refractivity contribution in [3.63, 3.8) is 0 Å². The molecule has 3 heterocycles. The minimum Gasteiger partial charge on any atom is -0.488 e. The van der Waals surface area contributed by atoms with Crippen LogP contribution in [-0.4, -0.2) is 113 Å². The fraction of sp³-hybridized carbons (Fsp3) is 0.436. The Kier molecular flexibility index (Phi) is 10.7. The summed E-state index contributed by atoms with van der Waals surface area (Å²) in [6.07, 6.45) is 0.00353. The summed E-state index contributed by atoms with van der Waals surface area (Å²) in [6.45, 7) is 8.02. The fourth-order valence-electron chi connectivity index (χ4n) is 6.97. The van der Waals surface area contributed by atoms with Gasteiger partial charge in [-0.3, -0.25) is 9.59 Å². The van der Waals surface area contributed by atoms with Crippen molar-refractivity contribution >= 4 is 24.0 Å². The third-order valence-electron chi connectivity index (χ3n) is 9.73. The van der Waals surface area contributed by atoms with Crippen molar-refractivity contribution in [2.24, 2.45) is 0 Å². The number of carbonyl (C=O) groups excluding carboxylic acids is 3. The van der Waals surface area contributed by atoms with Gasteiger partial charge in [0, 0.05) is 68.9 Å². The van der Waals surface area contributed by atoms with Gasteiger partial charge in [0.25, 0.3) is 11.8 Å². The maximum absolute atomic E-state index is 14.7. The maximum atomic E-state index is 14.7. The predicted octanol–water partition coefficient (Wildman–Crippen LogP) is 6.48. The lowest BCUT2D eigenvalue weighted by atomic mass is 9.88. The summed E-state index contributed by atoms with van der Waals surface area (Å²) in [5.74, 6) is -1.03. The largest absolute Gasteiger partial charge is 0.488 e. The molecule has 3 aromatic carbocycles. The molecule has 276 valence electrons. The molecule has 4 amide bonds. The van der Waals surface area contributed by atoms with Crippen molar-refractivity contribution in [1.82, 2.24) is 19.6 Å². The summed E-state index contributed by atoms with van der Waals surface area (Å²) < 4.78 is 40.5. The molecule has 0 radical (unpaired) electrons. The minimum absolute atomic E-state index is 0.0472. The number of carboxylic acid groups (broad SMARTS) is 1. The van der Waals surface area contributed by atoms with Crippen molar-refractivity contribution in [3.8, 4) is 16.9 Å². The van der Waals surface area contributed by atoms with Crippen LogP contribution in [0.3, 0.4) is 0 Å². The monoisotopic (exact) mass is 718 g/mol. The molecular weight excluding hydrogens is 674 g/mol. The Balaban J connectivity index is 1.11. The first-order valence-corrected chi connectivity index (χ1v) is 17.7. The van der Waals surface area contributed by atoms with E-state index in [0.717, 1.165) is 0 Å². The molecule has 52 heavy (non-hydrogen) atoms. The van der Waals surface area contributed by atoms with Crippen LogP contribution in [0.15, 0.2) is 60.7 Å². The Morgan fingerprint density at radius 3 is 1.92 bits per heavy atom. The number of likely N-dealkylation sites (tertiary alicyclic amines) is 2. The number of hydrogen-bond acceptors (Lipinski definition) is 6.